The highest BCUT2D eigenvalue weighted by Crippen LogP contribution is 2.40. The molecular weight excluding hydrogens is 467 g/mol. The quantitative estimate of drug-likeness (QED) is 0.251. The molecule has 1 N–H and O–H groups in total. The normalized spacial score (nSPS) is 12.6. The van der Waals surface area contributed by atoms with E-state index in [2.05, 4.69) is 15.3 Å². The molecule has 158 valence electrons. The molecule has 0 spiro atoms. The Morgan fingerprint density at radius 1 is 1.10 bits per heavy atom. The summed E-state index contributed by atoms with van der Waals surface area (Å²) in [4.78, 5) is 22.5. The predicted molar refractivity (Wildman–Crippen MR) is 118 cm³/mol. The van der Waals surface area contributed by atoms with Crippen molar-refractivity contribution in [2.75, 3.05) is 5.32 Å². The van der Waals surface area contributed by atoms with Crippen LogP contribution in [0.1, 0.15) is 16.4 Å². The van der Waals surface area contributed by atoms with Crippen molar-refractivity contribution in [1.82, 2.24) is 9.97 Å². The maximum atomic E-state index is 13.2. The van der Waals surface area contributed by atoms with Crippen LogP contribution in [0.15, 0.2) is 71.3 Å². The lowest BCUT2D eigenvalue weighted by molar-refractivity contribution is -0.137. The second kappa shape index (κ2) is 8.86. The summed E-state index contributed by atoms with van der Waals surface area (Å²) < 4.78 is 39.3. The largest absolute Gasteiger partial charge is 0.416 e. The van der Waals surface area contributed by atoms with Crippen LogP contribution in [0.5, 0.6) is 0 Å². The lowest BCUT2D eigenvalue weighted by Crippen LogP contribution is -2.20. The zero-order valence-corrected chi connectivity index (χ0v) is 17.9. The molecule has 1 unspecified atom stereocenters. The van der Waals surface area contributed by atoms with Crippen LogP contribution in [0, 0.1) is 0 Å². The summed E-state index contributed by atoms with van der Waals surface area (Å²) in [5, 5.41) is 5.08. The number of thiophene rings is 1. The molecule has 31 heavy (non-hydrogen) atoms. The van der Waals surface area contributed by atoms with Crippen LogP contribution >= 0.6 is 34.7 Å². The molecule has 2 aromatic heterocycles. The molecule has 0 fully saturated rings. The molecular formula is C21H13ClF3N3OS2. The van der Waals surface area contributed by atoms with Crippen LogP contribution < -0.4 is 5.32 Å². The van der Waals surface area contributed by atoms with Crippen LogP contribution in [0.2, 0.25) is 5.02 Å². The van der Waals surface area contributed by atoms with Gasteiger partial charge in [-0.3, -0.25) is 4.79 Å². The molecule has 1 amide bonds. The van der Waals surface area contributed by atoms with Gasteiger partial charge in [-0.2, -0.15) is 13.2 Å². The van der Waals surface area contributed by atoms with E-state index >= 15 is 0 Å². The number of anilines is 1. The Bertz CT molecular complexity index is 1230. The summed E-state index contributed by atoms with van der Waals surface area (Å²) in [5.41, 5.74) is -0.326. The zero-order valence-electron chi connectivity index (χ0n) is 15.6. The number of halogens is 4. The fraction of sp³-hybridized carbons (Fsp3) is 0.0952. The number of aromatic nitrogens is 2. The van der Waals surface area contributed by atoms with Gasteiger partial charge in [0, 0.05) is 5.39 Å². The number of amides is 1. The Hall–Kier alpha value is -2.62. The third-order valence-electron chi connectivity index (χ3n) is 4.35. The molecule has 4 rings (SSSR count). The molecule has 1 atom stereocenters. The van der Waals surface area contributed by atoms with E-state index in [9.17, 15) is 18.0 Å². The van der Waals surface area contributed by atoms with Gasteiger partial charge < -0.3 is 5.32 Å². The molecule has 0 aliphatic carbocycles. The van der Waals surface area contributed by atoms with Gasteiger partial charge in [-0.25, -0.2) is 9.97 Å². The molecule has 0 saturated carbocycles. The topological polar surface area (TPSA) is 54.9 Å². The molecule has 0 radical (unpaired) electrons. The van der Waals surface area contributed by atoms with E-state index in [1.165, 1.54) is 29.4 Å². The average Bonchev–Trinajstić information content (AvgIpc) is 3.23. The molecule has 4 nitrogen and oxygen atoms in total. The van der Waals surface area contributed by atoms with Crippen molar-refractivity contribution < 1.29 is 18.0 Å². The van der Waals surface area contributed by atoms with Gasteiger partial charge in [-0.15, -0.1) is 11.3 Å². The van der Waals surface area contributed by atoms with Crippen molar-refractivity contribution in [3.05, 3.63) is 82.5 Å². The Morgan fingerprint density at radius 2 is 1.87 bits per heavy atom. The van der Waals surface area contributed by atoms with Gasteiger partial charge in [0.25, 0.3) is 0 Å². The highest BCUT2D eigenvalue weighted by Gasteiger charge is 2.32. The number of benzene rings is 2. The third kappa shape index (κ3) is 4.84. The van der Waals surface area contributed by atoms with Gasteiger partial charge in [0.05, 0.1) is 16.3 Å². The minimum atomic E-state index is -4.55. The van der Waals surface area contributed by atoms with Crippen molar-refractivity contribution >= 4 is 56.5 Å². The number of rotatable bonds is 5. The van der Waals surface area contributed by atoms with Crippen LogP contribution in [-0.2, 0) is 11.0 Å². The van der Waals surface area contributed by atoms with Gasteiger partial charge in [0.15, 0.2) is 0 Å². The minimum absolute atomic E-state index is 0.0143. The van der Waals surface area contributed by atoms with E-state index in [0.29, 0.717) is 10.6 Å². The fourth-order valence-corrected chi connectivity index (χ4v) is 4.91. The minimum Gasteiger partial charge on any atom is -0.323 e. The second-order valence-electron chi connectivity index (χ2n) is 6.41. The molecule has 0 bridgehead atoms. The van der Waals surface area contributed by atoms with Gasteiger partial charge >= 0.3 is 6.18 Å². The Balaban J connectivity index is 1.68. The second-order valence-corrected chi connectivity index (χ2v) is 8.80. The summed E-state index contributed by atoms with van der Waals surface area (Å²) in [6, 6.07) is 13.6. The number of thioether (sulfide) groups is 1. The standard InChI is InChI=1S/C21H13ClF3N3OS2/c22-15-7-6-13(21(23,24)25)10-16(15)28-18(29)17(12-4-2-1-3-5-12)31-20-14-8-9-30-19(14)26-11-27-20/h1-11,17H,(H,28,29). The number of hydrogen-bond acceptors (Lipinski definition) is 5. The summed E-state index contributed by atoms with van der Waals surface area (Å²) in [6.07, 6.45) is -3.13. The lowest BCUT2D eigenvalue weighted by atomic mass is 10.1. The van der Waals surface area contributed by atoms with Crippen molar-refractivity contribution in [2.24, 2.45) is 0 Å². The van der Waals surface area contributed by atoms with Gasteiger partial charge in [0.1, 0.15) is 21.4 Å². The predicted octanol–water partition coefficient (Wildman–Crippen LogP) is 6.84. The highest BCUT2D eigenvalue weighted by atomic mass is 35.5. The maximum Gasteiger partial charge on any atom is 0.416 e. The zero-order chi connectivity index (χ0) is 22.0. The first kappa shape index (κ1) is 21.6. The molecule has 0 aliphatic heterocycles. The number of alkyl halides is 3. The number of fused-ring (bicyclic) bond motifs is 1. The Kier molecular flexibility index (Phi) is 6.17. The van der Waals surface area contributed by atoms with E-state index in [4.69, 9.17) is 11.6 Å². The van der Waals surface area contributed by atoms with E-state index in [1.54, 1.807) is 24.3 Å². The average molecular weight is 480 g/mol. The van der Waals surface area contributed by atoms with Crippen LogP contribution in [-0.4, -0.2) is 15.9 Å². The van der Waals surface area contributed by atoms with Crippen LogP contribution in [0.3, 0.4) is 0 Å². The molecule has 0 aliphatic rings. The Morgan fingerprint density at radius 3 is 2.61 bits per heavy atom. The number of carbonyl (C=O) groups excluding carboxylic acids is 1. The maximum absolute atomic E-state index is 13.2. The van der Waals surface area contributed by atoms with Crippen LogP contribution in [0.4, 0.5) is 18.9 Å². The lowest BCUT2D eigenvalue weighted by Gasteiger charge is -2.18. The summed E-state index contributed by atoms with van der Waals surface area (Å²) >= 11 is 8.71. The first-order valence-corrected chi connectivity index (χ1v) is 11.0. The molecule has 4 aromatic rings. The first-order chi connectivity index (χ1) is 14.8. The van der Waals surface area contributed by atoms with Gasteiger partial charge in [0.2, 0.25) is 5.91 Å². The van der Waals surface area contributed by atoms with Crippen LogP contribution in [0.25, 0.3) is 10.2 Å². The molecule has 0 saturated heterocycles. The number of carbonyl (C=O) groups is 1. The molecule has 2 heterocycles. The third-order valence-corrected chi connectivity index (χ3v) is 6.77. The smallest absolute Gasteiger partial charge is 0.323 e. The first-order valence-electron chi connectivity index (χ1n) is 8.90. The fourth-order valence-electron chi connectivity index (χ4n) is 2.87. The van der Waals surface area contributed by atoms with E-state index < -0.39 is 22.9 Å². The SMILES string of the molecule is O=C(Nc1cc(C(F)(F)F)ccc1Cl)C(Sc1ncnc2sccc12)c1ccccc1. The van der Waals surface area contributed by atoms with Crippen molar-refractivity contribution in [3.63, 3.8) is 0 Å². The number of hydrogen-bond donors (Lipinski definition) is 1. The van der Waals surface area contributed by atoms with E-state index in [0.717, 1.165) is 28.4 Å². The van der Waals surface area contributed by atoms with Crippen molar-refractivity contribution in [2.45, 2.75) is 16.5 Å². The summed E-state index contributed by atoms with van der Waals surface area (Å²) in [7, 11) is 0. The van der Waals surface area contributed by atoms with E-state index in [-0.39, 0.29) is 10.7 Å². The Labute approximate surface area is 188 Å². The molecule has 2 aromatic carbocycles. The van der Waals surface area contributed by atoms with E-state index in [1.807, 2.05) is 17.5 Å². The van der Waals surface area contributed by atoms with Crippen molar-refractivity contribution in [3.8, 4) is 0 Å². The summed E-state index contributed by atoms with van der Waals surface area (Å²) in [5.74, 6) is -0.514. The summed E-state index contributed by atoms with van der Waals surface area (Å²) in [6.45, 7) is 0. The molecule has 10 heteroatoms. The monoisotopic (exact) mass is 479 g/mol. The van der Waals surface area contributed by atoms with Crippen molar-refractivity contribution in [1.29, 1.82) is 0 Å². The highest BCUT2D eigenvalue weighted by molar-refractivity contribution is 8.00. The number of nitrogens with one attached hydrogen (secondary N) is 1. The number of nitrogens with zero attached hydrogens (tertiary/aromatic N) is 2. The van der Waals surface area contributed by atoms with Gasteiger partial charge in [-0.05, 0) is 35.2 Å². The van der Waals surface area contributed by atoms with Gasteiger partial charge in [-0.1, -0.05) is 53.7 Å².